The first kappa shape index (κ1) is 26.0. The lowest BCUT2D eigenvalue weighted by atomic mass is 9.87. The molecule has 2 amide bonds. The van der Waals surface area contributed by atoms with Crippen molar-refractivity contribution in [2.45, 2.75) is 31.8 Å². The molecule has 1 fully saturated rings. The van der Waals surface area contributed by atoms with Gasteiger partial charge in [-0.15, -0.1) is 0 Å². The molecule has 3 rings (SSSR count). The first-order valence-corrected chi connectivity index (χ1v) is 11.7. The van der Waals surface area contributed by atoms with Gasteiger partial charge in [0.1, 0.15) is 18.1 Å². The van der Waals surface area contributed by atoms with Gasteiger partial charge < -0.3 is 30.0 Å². The minimum absolute atomic E-state index is 0.00623. The topological polar surface area (TPSA) is 123 Å². The first-order chi connectivity index (χ1) is 17.0. The van der Waals surface area contributed by atoms with E-state index in [1.54, 1.807) is 55.6 Å². The Morgan fingerprint density at radius 2 is 1.31 bits per heavy atom. The molecule has 0 unspecified atom stereocenters. The van der Waals surface area contributed by atoms with E-state index in [4.69, 9.17) is 19.3 Å². The van der Waals surface area contributed by atoms with Crippen molar-refractivity contribution in [3.63, 3.8) is 0 Å². The Bertz CT molecular complexity index is 968. The van der Waals surface area contributed by atoms with Crippen molar-refractivity contribution >= 4 is 17.8 Å². The molecule has 0 atom stereocenters. The third-order valence-corrected chi connectivity index (χ3v) is 5.81. The fourth-order valence-electron chi connectivity index (χ4n) is 3.81. The molecule has 35 heavy (non-hydrogen) atoms. The van der Waals surface area contributed by atoms with Crippen molar-refractivity contribution in [3.8, 4) is 11.5 Å². The van der Waals surface area contributed by atoms with Gasteiger partial charge >= 0.3 is 5.97 Å². The maximum Gasteiger partial charge on any atom is 0.306 e. The molecule has 9 nitrogen and oxygen atoms in total. The van der Waals surface area contributed by atoms with Gasteiger partial charge in [0.25, 0.3) is 11.8 Å². The minimum atomic E-state index is -0.739. The van der Waals surface area contributed by atoms with Crippen molar-refractivity contribution in [2.75, 3.05) is 33.4 Å². The SMILES string of the molecule is COCCOc1ccc(C(=O)NCCNC(=O)c2ccc(O[C@H]3CC[C@@H](C(=O)O)CC3)cc2)cc1. The number of rotatable bonds is 12. The van der Waals surface area contributed by atoms with E-state index >= 15 is 0 Å². The monoisotopic (exact) mass is 484 g/mol. The lowest BCUT2D eigenvalue weighted by Gasteiger charge is -2.26. The highest BCUT2D eigenvalue weighted by atomic mass is 16.5. The summed E-state index contributed by atoms with van der Waals surface area (Å²) in [7, 11) is 1.60. The van der Waals surface area contributed by atoms with Crippen LogP contribution < -0.4 is 20.1 Å². The summed E-state index contributed by atoms with van der Waals surface area (Å²) in [5.74, 6) is -0.184. The van der Waals surface area contributed by atoms with Gasteiger partial charge in [0, 0.05) is 31.3 Å². The van der Waals surface area contributed by atoms with Crippen LogP contribution in [0.4, 0.5) is 0 Å². The molecular formula is C26H32N2O7. The van der Waals surface area contributed by atoms with Crippen LogP contribution in [0.5, 0.6) is 11.5 Å². The Labute approximate surface area is 204 Å². The molecule has 188 valence electrons. The van der Waals surface area contributed by atoms with Crippen LogP contribution in [0.15, 0.2) is 48.5 Å². The molecule has 2 aromatic rings. The average molecular weight is 485 g/mol. The number of aliphatic carboxylic acids is 1. The third-order valence-electron chi connectivity index (χ3n) is 5.81. The quantitative estimate of drug-likeness (QED) is 0.396. The molecule has 9 heteroatoms. The number of carboxylic acid groups (broad SMARTS) is 1. The summed E-state index contributed by atoms with van der Waals surface area (Å²) in [6, 6.07) is 13.6. The summed E-state index contributed by atoms with van der Waals surface area (Å²) in [6.45, 7) is 1.50. The molecule has 0 bridgehead atoms. The van der Waals surface area contributed by atoms with Gasteiger partial charge in [-0.3, -0.25) is 14.4 Å². The number of methoxy groups -OCH3 is 1. The molecule has 0 saturated heterocycles. The van der Waals surface area contributed by atoms with E-state index in [-0.39, 0.29) is 36.9 Å². The number of carboxylic acids is 1. The van der Waals surface area contributed by atoms with E-state index in [0.29, 0.717) is 61.5 Å². The zero-order valence-electron chi connectivity index (χ0n) is 19.8. The summed E-state index contributed by atoms with van der Waals surface area (Å²) < 4.78 is 16.3. The van der Waals surface area contributed by atoms with Gasteiger partial charge in [0.2, 0.25) is 0 Å². The largest absolute Gasteiger partial charge is 0.491 e. The Morgan fingerprint density at radius 3 is 1.80 bits per heavy atom. The zero-order chi connectivity index (χ0) is 25.0. The zero-order valence-corrected chi connectivity index (χ0v) is 19.8. The van der Waals surface area contributed by atoms with Crippen LogP contribution >= 0.6 is 0 Å². The fraction of sp³-hybridized carbons (Fsp3) is 0.423. The maximum absolute atomic E-state index is 12.4. The standard InChI is InChI=1S/C26H32N2O7/c1-33-16-17-34-21-8-2-18(3-9-21)24(29)27-14-15-28-25(30)19-4-10-22(11-5-19)35-23-12-6-20(7-13-23)26(31)32/h2-5,8-11,20,23H,6-7,12-17H2,1H3,(H,27,29)(H,28,30)(H,31,32)/t20-,23+. The molecule has 1 aliphatic carbocycles. The average Bonchev–Trinajstić information content (AvgIpc) is 2.87. The van der Waals surface area contributed by atoms with Crippen molar-refractivity contribution in [1.29, 1.82) is 0 Å². The number of amides is 2. The lowest BCUT2D eigenvalue weighted by Crippen LogP contribution is -2.34. The van der Waals surface area contributed by atoms with Crippen LogP contribution in [-0.4, -0.2) is 62.4 Å². The number of nitrogens with one attached hydrogen (secondary N) is 2. The number of carbonyl (C=O) groups is 3. The second-order valence-electron chi connectivity index (χ2n) is 8.33. The van der Waals surface area contributed by atoms with E-state index in [2.05, 4.69) is 10.6 Å². The summed E-state index contributed by atoms with van der Waals surface area (Å²) in [6.07, 6.45) is 2.64. The van der Waals surface area contributed by atoms with Gasteiger partial charge in [0.15, 0.2) is 0 Å². The summed E-state index contributed by atoms with van der Waals surface area (Å²) in [5.41, 5.74) is 0.991. The summed E-state index contributed by atoms with van der Waals surface area (Å²) in [4.78, 5) is 35.7. The van der Waals surface area contributed by atoms with Crippen LogP contribution in [0.2, 0.25) is 0 Å². The molecular weight excluding hydrogens is 452 g/mol. The highest BCUT2D eigenvalue weighted by molar-refractivity contribution is 5.95. The Morgan fingerprint density at radius 1 is 0.800 bits per heavy atom. The van der Waals surface area contributed by atoms with Gasteiger partial charge in [-0.05, 0) is 74.2 Å². The van der Waals surface area contributed by atoms with Gasteiger partial charge in [-0.25, -0.2) is 0 Å². The van der Waals surface area contributed by atoms with Crippen LogP contribution in [-0.2, 0) is 9.53 Å². The van der Waals surface area contributed by atoms with E-state index in [0.717, 1.165) is 0 Å². The van der Waals surface area contributed by atoms with E-state index in [1.807, 2.05) is 0 Å². The second-order valence-corrected chi connectivity index (χ2v) is 8.33. The van der Waals surface area contributed by atoms with Crippen molar-refractivity contribution in [2.24, 2.45) is 5.92 Å². The third kappa shape index (κ3) is 8.29. The first-order valence-electron chi connectivity index (χ1n) is 11.7. The van der Waals surface area contributed by atoms with Crippen molar-refractivity contribution in [1.82, 2.24) is 10.6 Å². The minimum Gasteiger partial charge on any atom is -0.491 e. The normalized spacial score (nSPS) is 17.3. The highest BCUT2D eigenvalue weighted by Crippen LogP contribution is 2.28. The van der Waals surface area contributed by atoms with Crippen LogP contribution in [0.25, 0.3) is 0 Å². The summed E-state index contributed by atoms with van der Waals surface area (Å²) >= 11 is 0. The van der Waals surface area contributed by atoms with Crippen LogP contribution in [0.1, 0.15) is 46.4 Å². The lowest BCUT2D eigenvalue weighted by molar-refractivity contribution is -0.143. The van der Waals surface area contributed by atoms with Gasteiger partial charge in [-0.2, -0.15) is 0 Å². The molecule has 0 aromatic heterocycles. The molecule has 0 spiro atoms. The predicted molar refractivity (Wildman–Crippen MR) is 129 cm³/mol. The smallest absolute Gasteiger partial charge is 0.306 e. The Hall–Kier alpha value is -3.59. The van der Waals surface area contributed by atoms with E-state index in [9.17, 15) is 14.4 Å². The number of ether oxygens (including phenoxy) is 3. The van der Waals surface area contributed by atoms with Crippen LogP contribution in [0, 0.1) is 5.92 Å². The predicted octanol–water partition coefficient (Wildman–Crippen LogP) is 2.89. The fourth-order valence-corrected chi connectivity index (χ4v) is 3.81. The van der Waals surface area contributed by atoms with Gasteiger partial charge in [-0.1, -0.05) is 0 Å². The Kier molecular flexibility index (Phi) is 9.92. The molecule has 1 saturated carbocycles. The number of hydrogen-bond donors (Lipinski definition) is 3. The van der Waals surface area contributed by atoms with Crippen LogP contribution in [0.3, 0.4) is 0 Å². The molecule has 0 aliphatic heterocycles. The van der Waals surface area contributed by atoms with Gasteiger partial charge in [0.05, 0.1) is 18.6 Å². The Balaban J connectivity index is 1.35. The number of benzene rings is 2. The van der Waals surface area contributed by atoms with E-state index < -0.39 is 5.97 Å². The maximum atomic E-state index is 12.4. The summed E-state index contributed by atoms with van der Waals surface area (Å²) in [5, 5.41) is 14.6. The number of hydrogen-bond acceptors (Lipinski definition) is 6. The van der Waals surface area contributed by atoms with E-state index in [1.165, 1.54) is 0 Å². The molecule has 0 radical (unpaired) electrons. The van der Waals surface area contributed by atoms with Crippen molar-refractivity contribution < 1.29 is 33.7 Å². The molecule has 3 N–H and O–H groups in total. The molecule has 1 aliphatic rings. The molecule has 0 heterocycles. The van der Waals surface area contributed by atoms with Crippen molar-refractivity contribution in [3.05, 3.63) is 59.7 Å². The highest BCUT2D eigenvalue weighted by Gasteiger charge is 2.26. The number of carbonyl (C=O) groups excluding carboxylic acids is 2. The second kappa shape index (κ2) is 13.3. The molecule has 2 aromatic carbocycles.